The molecule has 9 nitrogen and oxygen atoms in total. The molecule has 0 amide bonds. The van der Waals surface area contributed by atoms with Gasteiger partial charge in [-0.2, -0.15) is 0 Å². The van der Waals surface area contributed by atoms with Gasteiger partial charge in [-0.3, -0.25) is 0 Å². The van der Waals surface area contributed by atoms with Gasteiger partial charge in [0.1, 0.15) is 0 Å². The third-order valence-electron chi connectivity index (χ3n) is 3.62. The first-order valence-corrected chi connectivity index (χ1v) is 9.20. The molecule has 0 spiro atoms. The minimum absolute atomic E-state index is 0.354. The Morgan fingerprint density at radius 2 is 1.87 bits per heavy atom. The van der Waals surface area contributed by atoms with Crippen molar-refractivity contribution in [2.24, 2.45) is 0 Å². The summed E-state index contributed by atoms with van der Waals surface area (Å²) in [6.45, 7) is 3.62. The van der Waals surface area contributed by atoms with Crippen LogP contribution in [0.3, 0.4) is 0 Å². The second-order valence-corrected chi connectivity index (χ2v) is 7.42. The molecule has 1 saturated heterocycles. The van der Waals surface area contributed by atoms with E-state index in [9.17, 15) is 8.42 Å². The van der Waals surface area contributed by atoms with Crippen LogP contribution in [0.1, 0.15) is 0 Å². The zero-order valence-electron chi connectivity index (χ0n) is 12.4. The molecule has 0 aromatic carbocycles. The van der Waals surface area contributed by atoms with Crippen LogP contribution in [0.5, 0.6) is 0 Å². The predicted molar refractivity (Wildman–Crippen MR) is 85.3 cm³/mol. The van der Waals surface area contributed by atoms with E-state index in [1.807, 2.05) is 0 Å². The molecule has 1 aliphatic heterocycles. The van der Waals surface area contributed by atoms with Crippen molar-refractivity contribution in [1.82, 2.24) is 23.8 Å². The molecule has 2 radical (unpaired) electrons. The molecular formula is C12H15AsN6O3S. The third kappa shape index (κ3) is 3.72. The van der Waals surface area contributed by atoms with Crippen LogP contribution in [0, 0.1) is 0 Å². The standard InChI is InChI=1S/C12H15AsN6O3S/c1-17-2-4-18(5-3-17)11-6-9(15-12(13)16-11)10-7-19(8-14-10)23(20,21)22/h6-8H,2-5H2,1H3,(H,20,21,22). The Hall–Kier alpha value is -1.48. The number of imidazole rings is 1. The van der Waals surface area contributed by atoms with Crippen molar-refractivity contribution in [3.05, 3.63) is 18.6 Å². The molecular weight excluding hydrogens is 383 g/mol. The summed E-state index contributed by atoms with van der Waals surface area (Å²) in [4.78, 5) is 17.1. The number of hydrogen-bond acceptors (Lipinski definition) is 7. The predicted octanol–water partition coefficient (Wildman–Crippen LogP) is -1.46. The fourth-order valence-electron chi connectivity index (χ4n) is 2.32. The monoisotopic (exact) mass is 398 g/mol. The second-order valence-electron chi connectivity index (χ2n) is 5.27. The van der Waals surface area contributed by atoms with E-state index in [0.717, 1.165) is 38.3 Å². The van der Waals surface area contributed by atoms with Crippen LogP contribution in [0.15, 0.2) is 18.6 Å². The molecule has 0 aliphatic carbocycles. The van der Waals surface area contributed by atoms with Gasteiger partial charge in [-0.05, 0) is 0 Å². The fraction of sp³-hybridized carbons (Fsp3) is 0.417. The van der Waals surface area contributed by atoms with E-state index in [0.29, 0.717) is 20.0 Å². The molecule has 0 bridgehead atoms. The molecule has 11 heteroatoms. The molecule has 2 aromatic rings. The topological polar surface area (TPSA) is 104 Å². The zero-order chi connectivity index (χ0) is 16.6. The summed E-state index contributed by atoms with van der Waals surface area (Å²) in [5.74, 6) is 0.778. The average molecular weight is 398 g/mol. The summed E-state index contributed by atoms with van der Waals surface area (Å²) >= 11 is 2.28. The number of rotatable bonds is 3. The SMILES string of the molecule is CN1CCN(c2cc(-c3cn(S(=O)(=O)O)cn3)nc([As])n2)CC1. The van der Waals surface area contributed by atoms with Crippen molar-refractivity contribution in [2.75, 3.05) is 38.1 Å². The number of nitrogens with zero attached hydrogens (tertiary/aromatic N) is 6. The Morgan fingerprint density at radius 3 is 2.48 bits per heavy atom. The van der Waals surface area contributed by atoms with Crippen molar-refractivity contribution < 1.29 is 13.0 Å². The molecule has 3 heterocycles. The van der Waals surface area contributed by atoms with Gasteiger partial charge < -0.3 is 0 Å². The Morgan fingerprint density at radius 1 is 1.17 bits per heavy atom. The Balaban J connectivity index is 1.93. The summed E-state index contributed by atoms with van der Waals surface area (Å²) in [7, 11) is -2.27. The van der Waals surface area contributed by atoms with Crippen LogP contribution in [0.25, 0.3) is 11.4 Å². The zero-order valence-corrected chi connectivity index (χ0v) is 15.1. The maximum atomic E-state index is 11.1. The van der Waals surface area contributed by atoms with Gasteiger partial charge in [-0.1, -0.05) is 0 Å². The number of piperazine rings is 1. The summed E-state index contributed by atoms with van der Waals surface area (Å²) in [6, 6.07) is 1.78. The quantitative estimate of drug-likeness (QED) is 0.494. The number of hydrogen-bond donors (Lipinski definition) is 1. The molecule has 2 aromatic heterocycles. The van der Waals surface area contributed by atoms with Crippen molar-refractivity contribution in [3.8, 4) is 11.4 Å². The van der Waals surface area contributed by atoms with E-state index in [2.05, 4.69) is 48.7 Å². The van der Waals surface area contributed by atoms with Gasteiger partial charge in [0.2, 0.25) is 0 Å². The molecule has 1 aliphatic rings. The fourth-order valence-corrected chi connectivity index (χ4v) is 3.16. The van der Waals surface area contributed by atoms with E-state index in [-0.39, 0.29) is 0 Å². The Kier molecular flexibility index (Phi) is 4.41. The van der Waals surface area contributed by atoms with Crippen LogP contribution < -0.4 is 9.51 Å². The number of anilines is 1. The van der Waals surface area contributed by atoms with Gasteiger partial charge in [0.05, 0.1) is 0 Å². The first-order valence-electron chi connectivity index (χ1n) is 6.87. The van der Waals surface area contributed by atoms with Crippen LogP contribution >= 0.6 is 0 Å². The van der Waals surface area contributed by atoms with Gasteiger partial charge in [0.25, 0.3) is 0 Å². The van der Waals surface area contributed by atoms with Gasteiger partial charge in [0, 0.05) is 0 Å². The third-order valence-corrected chi connectivity index (χ3v) is 4.77. The first-order chi connectivity index (χ1) is 10.8. The Bertz CT molecular complexity index is 816. The summed E-state index contributed by atoms with van der Waals surface area (Å²) in [6.07, 6.45) is 2.25. The molecule has 1 N–H and O–H groups in total. The van der Waals surface area contributed by atoms with Gasteiger partial charge in [0.15, 0.2) is 0 Å². The average Bonchev–Trinajstić information content (AvgIpc) is 2.97. The van der Waals surface area contributed by atoms with Crippen molar-refractivity contribution in [2.45, 2.75) is 0 Å². The summed E-state index contributed by atoms with van der Waals surface area (Å²) in [5.41, 5.74) is 0.861. The van der Waals surface area contributed by atoms with E-state index in [1.165, 1.54) is 6.20 Å². The second kappa shape index (κ2) is 6.20. The molecule has 23 heavy (non-hydrogen) atoms. The van der Waals surface area contributed by atoms with Crippen LogP contribution in [0.2, 0.25) is 0 Å². The van der Waals surface area contributed by atoms with E-state index in [4.69, 9.17) is 4.55 Å². The van der Waals surface area contributed by atoms with Gasteiger partial charge in [-0.15, -0.1) is 0 Å². The first kappa shape index (κ1) is 16.4. The molecule has 0 atom stereocenters. The van der Waals surface area contributed by atoms with Crippen LogP contribution in [-0.4, -0.2) is 86.9 Å². The van der Waals surface area contributed by atoms with Crippen molar-refractivity contribution >= 4 is 37.6 Å². The van der Waals surface area contributed by atoms with E-state index in [1.54, 1.807) is 6.07 Å². The van der Waals surface area contributed by atoms with Crippen molar-refractivity contribution in [3.63, 3.8) is 0 Å². The van der Waals surface area contributed by atoms with Crippen LogP contribution in [-0.2, 0) is 10.3 Å². The minimum atomic E-state index is -4.35. The molecule has 1 fully saturated rings. The van der Waals surface area contributed by atoms with Gasteiger partial charge in [-0.25, -0.2) is 0 Å². The molecule has 0 saturated carbocycles. The molecule has 122 valence electrons. The van der Waals surface area contributed by atoms with Crippen LogP contribution in [0.4, 0.5) is 5.82 Å². The molecule has 3 rings (SSSR count). The Labute approximate surface area is 142 Å². The van der Waals surface area contributed by atoms with Gasteiger partial charge >= 0.3 is 142 Å². The van der Waals surface area contributed by atoms with E-state index >= 15 is 0 Å². The summed E-state index contributed by atoms with van der Waals surface area (Å²) < 4.78 is 32.4. The number of likely N-dealkylation sites (N-methyl/N-ethyl adjacent to an activating group) is 1. The summed E-state index contributed by atoms with van der Waals surface area (Å²) in [5, 5.41) is 0. The normalized spacial score (nSPS) is 16.7. The maximum absolute atomic E-state index is 11.1. The van der Waals surface area contributed by atoms with E-state index < -0.39 is 10.3 Å². The molecule has 0 unspecified atom stereocenters. The number of aromatic nitrogens is 4. The van der Waals surface area contributed by atoms with Crippen molar-refractivity contribution in [1.29, 1.82) is 0 Å².